The van der Waals surface area contributed by atoms with Gasteiger partial charge in [0.15, 0.2) is 17.3 Å². The predicted octanol–water partition coefficient (Wildman–Crippen LogP) is -0.277. The number of hydrogen-bond acceptors (Lipinski definition) is 6. The highest BCUT2D eigenvalue weighted by atomic mass is 16.3. The maximum absolute atomic E-state index is 9.20. The van der Waals surface area contributed by atoms with Crippen molar-refractivity contribution in [3.63, 3.8) is 0 Å². The zero-order chi connectivity index (χ0) is 11.9. The second kappa shape index (κ2) is 3.68. The molecule has 2 N–H and O–H groups in total. The van der Waals surface area contributed by atoms with Gasteiger partial charge in [-0.2, -0.15) is 0 Å². The number of aliphatic imine (C=N–C) groups is 4. The number of allylic oxidation sites excluding steroid dienone is 1. The number of rotatable bonds is 3. The molecule has 3 rings (SSSR count). The van der Waals surface area contributed by atoms with Crippen molar-refractivity contribution >= 4 is 23.6 Å². The summed E-state index contributed by atoms with van der Waals surface area (Å²) < 4.78 is 0. The standard InChI is InChI=1S/C11H12N4O2/c16-5-11(6-17)12-4-8-10(15-11)14-9(13-8)3-7-1-2-7/h3-4,16-17H,1-2,5-6H2. The summed E-state index contributed by atoms with van der Waals surface area (Å²) in [4.78, 5) is 16.7. The predicted molar refractivity (Wildman–Crippen MR) is 65.0 cm³/mol. The minimum absolute atomic E-state index is 0.345. The molecule has 0 unspecified atom stereocenters. The van der Waals surface area contributed by atoms with E-state index in [2.05, 4.69) is 20.0 Å². The van der Waals surface area contributed by atoms with Crippen LogP contribution in [0.2, 0.25) is 0 Å². The molecule has 0 spiro atoms. The lowest BCUT2D eigenvalue weighted by Gasteiger charge is -2.23. The van der Waals surface area contributed by atoms with E-state index in [-0.39, 0.29) is 13.2 Å². The Bertz CT molecular complexity index is 504. The second-order valence-corrected chi connectivity index (χ2v) is 4.26. The van der Waals surface area contributed by atoms with Crippen LogP contribution in [0.3, 0.4) is 0 Å². The highest BCUT2D eigenvalue weighted by Crippen LogP contribution is 2.28. The van der Waals surface area contributed by atoms with Gasteiger partial charge in [0.05, 0.1) is 19.4 Å². The number of amidine groups is 2. The van der Waals surface area contributed by atoms with Gasteiger partial charge in [0.2, 0.25) is 0 Å². The first-order valence-corrected chi connectivity index (χ1v) is 5.49. The zero-order valence-corrected chi connectivity index (χ0v) is 9.17. The van der Waals surface area contributed by atoms with Gasteiger partial charge in [0.1, 0.15) is 5.71 Å². The quantitative estimate of drug-likeness (QED) is 0.701. The molecule has 0 aromatic rings. The van der Waals surface area contributed by atoms with Crippen molar-refractivity contribution in [3.05, 3.63) is 11.6 Å². The molecule has 88 valence electrons. The normalized spacial score (nSPS) is 23.9. The molecule has 3 aliphatic rings. The lowest BCUT2D eigenvalue weighted by molar-refractivity contribution is 0.129. The summed E-state index contributed by atoms with van der Waals surface area (Å²) in [6.07, 6.45) is 5.68. The minimum Gasteiger partial charge on any atom is -0.392 e. The molecular formula is C11H12N4O2. The molecule has 1 aliphatic carbocycles. The maximum Gasteiger partial charge on any atom is 0.198 e. The Morgan fingerprint density at radius 3 is 2.65 bits per heavy atom. The van der Waals surface area contributed by atoms with Gasteiger partial charge in [-0.1, -0.05) is 5.57 Å². The van der Waals surface area contributed by atoms with Gasteiger partial charge in [0.25, 0.3) is 0 Å². The Morgan fingerprint density at radius 1 is 1.24 bits per heavy atom. The van der Waals surface area contributed by atoms with Gasteiger partial charge in [-0.3, -0.25) is 4.99 Å². The molecule has 0 bridgehead atoms. The summed E-state index contributed by atoms with van der Waals surface area (Å²) in [6.45, 7) is -0.689. The first-order chi connectivity index (χ1) is 8.24. The van der Waals surface area contributed by atoms with E-state index < -0.39 is 5.66 Å². The number of fused-ring (bicyclic) bond motifs is 1. The van der Waals surface area contributed by atoms with E-state index in [1.807, 2.05) is 6.08 Å². The minimum atomic E-state index is -1.19. The fourth-order valence-corrected chi connectivity index (χ4v) is 1.61. The number of aliphatic hydroxyl groups excluding tert-OH is 2. The summed E-state index contributed by atoms with van der Waals surface area (Å²) in [5, 5.41) is 18.4. The number of aliphatic hydroxyl groups is 2. The highest BCUT2D eigenvalue weighted by Gasteiger charge is 2.33. The molecule has 6 heteroatoms. The molecule has 2 heterocycles. The Morgan fingerprint density at radius 2 is 2.00 bits per heavy atom. The van der Waals surface area contributed by atoms with Crippen LogP contribution >= 0.6 is 0 Å². The van der Waals surface area contributed by atoms with E-state index in [0.29, 0.717) is 17.4 Å². The first-order valence-electron chi connectivity index (χ1n) is 5.49. The van der Waals surface area contributed by atoms with Crippen molar-refractivity contribution in [1.29, 1.82) is 0 Å². The first kappa shape index (κ1) is 10.5. The van der Waals surface area contributed by atoms with Crippen LogP contribution in [0.15, 0.2) is 31.6 Å². The van der Waals surface area contributed by atoms with Gasteiger partial charge in [-0.25, -0.2) is 15.0 Å². The van der Waals surface area contributed by atoms with Crippen molar-refractivity contribution in [3.8, 4) is 0 Å². The van der Waals surface area contributed by atoms with Gasteiger partial charge < -0.3 is 10.2 Å². The molecule has 1 saturated carbocycles. The molecule has 0 aromatic heterocycles. The topological polar surface area (TPSA) is 89.9 Å². The van der Waals surface area contributed by atoms with Gasteiger partial charge in [-0.15, -0.1) is 0 Å². The van der Waals surface area contributed by atoms with Crippen LogP contribution in [0.4, 0.5) is 0 Å². The maximum atomic E-state index is 9.20. The van der Waals surface area contributed by atoms with Crippen molar-refractivity contribution in [2.45, 2.75) is 18.5 Å². The number of nitrogens with zero attached hydrogens (tertiary/aromatic N) is 4. The van der Waals surface area contributed by atoms with Crippen LogP contribution in [-0.4, -0.2) is 52.7 Å². The van der Waals surface area contributed by atoms with E-state index >= 15 is 0 Å². The van der Waals surface area contributed by atoms with E-state index in [9.17, 15) is 10.2 Å². The van der Waals surface area contributed by atoms with Gasteiger partial charge >= 0.3 is 0 Å². The molecule has 0 radical (unpaired) electrons. The fourth-order valence-electron chi connectivity index (χ4n) is 1.61. The summed E-state index contributed by atoms with van der Waals surface area (Å²) in [5.74, 6) is 1.07. The second-order valence-electron chi connectivity index (χ2n) is 4.26. The summed E-state index contributed by atoms with van der Waals surface area (Å²) >= 11 is 0. The van der Waals surface area contributed by atoms with Crippen molar-refractivity contribution in [1.82, 2.24) is 0 Å². The number of hydrogen-bond donors (Lipinski definition) is 2. The smallest absolute Gasteiger partial charge is 0.198 e. The summed E-state index contributed by atoms with van der Waals surface area (Å²) in [7, 11) is 0. The third-order valence-corrected chi connectivity index (χ3v) is 2.80. The van der Waals surface area contributed by atoms with Crippen molar-refractivity contribution in [2.24, 2.45) is 20.0 Å². The van der Waals surface area contributed by atoms with Gasteiger partial charge in [-0.05, 0) is 18.9 Å². The van der Waals surface area contributed by atoms with Crippen LogP contribution < -0.4 is 0 Å². The van der Waals surface area contributed by atoms with Crippen molar-refractivity contribution < 1.29 is 10.2 Å². The van der Waals surface area contributed by atoms with Crippen LogP contribution in [0.5, 0.6) is 0 Å². The van der Waals surface area contributed by atoms with E-state index in [1.54, 1.807) is 0 Å². The van der Waals surface area contributed by atoms with Gasteiger partial charge in [0, 0.05) is 0 Å². The Balaban J connectivity index is 1.94. The molecule has 17 heavy (non-hydrogen) atoms. The molecule has 1 fully saturated rings. The van der Waals surface area contributed by atoms with Crippen LogP contribution in [-0.2, 0) is 0 Å². The average Bonchev–Trinajstić information content (AvgIpc) is 3.07. The molecular weight excluding hydrogens is 220 g/mol. The third-order valence-electron chi connectivity index (χ3n) is 2.80. The van der Waals surface area contributed by atoms with Crippen molar-refractivity contribution in [2.75, 3.05) is 13.2 Å². The van der Waals surface area contributed by atoms with E-state index in [4.69, 9.17) is 0 Å². The zero-order valence-electron chi connectivity index (χ0n) is 9.17. The molecule has 0 saturated heterocycles. The van der Waals surface area contributed by atoms with E-state index in [0.717, 1.165) is 12.8 Å². The monoisotopic (exact) mass is 232 g/mol. The Labute approximate surface area is 97.9 Å². The molecule has 2 aliphatic heterocycles. The summed E-state index contributed by atoms with van der Waals surface area (Å²) in [5.41, 5.74) is 0.731. The highest BCUT2D eigenvalue weighted by molar-refractivity contribution is 6.66. The molecule has 0 atom stereocenters. The Hall–Kier alpha value is -1.66. The largest absolute Gasteiger partial charge is 0.392 e. The third kappa shape index (κ3) is 1.85. The average molecular weight is 232 g/mol. The molecule has 0 amide bonds. The summed E-state index contributed by atoms with van der Waals surface area (Å²) in [6, 6.07) is 0. The lowest BCUT2D eigenvalue weighted by Crippen LogP contribution is -2.39. The van der Waals surface area contributed by atoms with Crippen LogP contribution in [0.25, 0.3) is 0 Å². The van der Waals surface area contributed by atoms with E-state index in [1.165, 1.54) is 11.8 Å². The Kier molecular flexibility index (Phi) is 2.27. The lowest BCUT2D eigenvalue weighted by atomic mass is 10.2. The fraction of sp³-hybridized carbons (Fsp3) is 0.455. The molecule has 0 aromatic carbocycles. The SMILES string of the molecule is OCC1(CO)N=CC2=NC(C=C3CC3)=NC2=N1. The van der Waals surface area contributed by atoms with Crippen LogP contribution in [0.1, 0.15) is 12.8 Å². The molecule has 6 nitrogen and oxygen atoms in total. The van der Waals surface area contributed by atoms with Crippen LogP contribution in [0, 0.1) is 0 Å².